The Hall–Kier alpha value is -3.01. The SMILES string of the molecule is C=CCSc1nc2ccc(N=Cc3ccc(Sc4ccccn4)c([N+](=O)[O-])c3)cc2s1. The fourth-order valence-electron chi connectivity index (χ4n) is 2.68. The van der Waals surface area contributed by atoms with E-state index >= 15 is 0 Å². The minimum absolute atomic E-state index is 0.0291. The van der Waals surface area contributed by atoms with Crippen molar-refractivity contribution in [3.63, 3.8) is 0 Å². The quantitative estimate of drug-likeness (QED) is 0.0940. The molecule has 2 aromatic heterocycles. The van der Waals surface area contributed by atoms with Gasteiger partial charge in [0.25, 0.3) is 5.69 Å². The summed E-state index contributed by atoms with van der Waals surface area (Å²) in [6, 6.07) is 16.4. The lowest BCUT2D eigenvalue weighted by Gasteiger charge is -2.03. The summed E-state index contributed by atoms with van der Waals surface area (Å²) >= 11 is 4.53. The van der Waals surface area contributed by atoms with E-state index in [1.54, 1.807) is 41.6 Å². The van der Waals surface area contributed by atoms with Crippen LogP contribution in [-0.4, -0.2) is 26.9 Å². The van der Waals surface area contributed by atoms with E-state index in [1.165, 1.54) is 17.8 Å². The lowest BCUT2D eigenvalue weighted by Crippen LogP contribution is -1.93. The molecule has 0 fully saturated rings. The maximum Gasteiger partial charge on any atom is 0.283 e. The number of nitrogens with zero attached hydrogens (tertiary/aromatic N) is 4. The normalized spacial score (nSPS) is 11.2. The summed E-state index contributed by atoms with van der Waals surface area (Å²) < 4.78 is 2.04. The van der Waals surface area contributed by atoms with E-state index in [4.69, 9.17) is 0 Å². The molecule has 0 unspecified atom stereocenters. The van der Waals surface area contributed by atoms with Gasteiger partial charge in [-0.1, -0.05) is 41.7 Å². The number of fused-ring (bicyclic) bond motifs is 1. The Morgan fingerprint density at radius 3 is 2.87 bits per heavy atom. The Balaban J connectivity index is 1.56. The molecule has 0 aliphatic heterocycles. The number of aliphatic imine (C=N–C) groups is 1. The molecule has 0 aliphatic rings. The zero-order valence-corrected chi connectivity index (χ0v) is 18.6. The molecule has 0 saturated heterocycles. The lowest BCUT2D eigenvalue weighted by molar-refractivity contribution is -0.387. The van der Waals surface area contributed by atoms with Crippen molar-refractivity contribution in [2.75, 3.05) is 5.75 Å². The summed E-state index contributed by atoms with van der Waals surface area (Å²) in [5.41, 5.74) is 2.39. The van der Waals surface area contributed by atoms with Crippen molar-refractivity contribution in [2.45, 2.75) is 14.3 Å². The minimum Gasteiger partial charge on any atom is -0.258 e. The summed E-state index contributed by atoms with van der Waals surface area (Å²) in [6.07, 6.45) is 5.15. The number of thioether (sulfide) groups is 1. The van der Waals surface area contributed by atoms with Crippen molar-refractivity contribution in [3.05, 3.63) is 89.1 Å². The fourth-order valence-corrected chi connectivity index (χ4v) is 5.40. The van der Waals surface area contributed by atoms with Gasteiger partial charge in [0.05, 0.1) is 25.7 Å². The first kappa shape index (κ1) is 21.2. The number of thiazole rings is 1. The average molecular weight is 465 g/mol. The van der Waals surface area contributed by atoms with Gasteiger partial charge in [-0.25, -0.2) is 9.97 Å². The molecule has 6 nitrogen and oxygen atoms in total. The second kappa shape index (κ2) is 9.86. The van der Waals surface area contributed by atoms with Crippen molar-refractivity contribution in [1.82, 2.24) is 9.97 Å². The number of rotatable bonds is 8. The zero-order chi connectivity index (χ0) is 21.6. The lowest BCUT2D eigenvalue weighted by atomic mass is 10.2. The second-order valence-corrected chi connectivity index (χ2v) is 9.60. The van der Waals surface area contributed by atoms with Crippen molar-refractivity contribution in [1.29, 1.82) is 0 Å². The molecule has 2 aromatic carbocycles. The van der Waals surface area contributed by atoms with Crippen LogP contribution < -0.4 is 0 Å². The Morgan fingerprint density at radius 2 is 2.10 bits per heavy atom. The van der Waals surface area contributed by atoms with Crippen LogP contribution in [0.1, 0.15) is 5.56 Å². The third kappa shape index (κ3) is 5.38. The van der Waals surface area contributed by atoms with Gasteiger partial charge >= 0.3 is 0 Å². The van der Waals surface area contributed by atoms with E-state index in [2.05, 4.69) is 21.5 Å². The van der Waals surface area contributed by atoms with E-state index in [-0.39, 0.29) is 10.6 Å². The van der Waals surface area contributed by atoms with Gasteiger partial charge < -0.3 is 0 Å². The average Bonchev–Trinajstić information content (AvgIpc) is 3.19. The van der Waals surface area contributed by atoms with Gasteiger partial charge in [0.1, 0.15) is 5.03 Å². The molecule has 9 heteroatoms. The minimum atomic E-state index is -0.381. The van der Waals surface area contributed by atoms with Crippen LogP contribution in [0.15, 0.2) is 92.7 Å². The number of pyridine rings is 1. The molecular formula is C22H16N4O2S3. The van der Waals surface area contributed by atoms with Gasteiger partial charge in [0.15, 0.2) is 4.34 Å². The largest absolute Gasteiger partial charge is 0.283 e. The van der Waals surface area contributed by atoms with Crippen LogP contribution in [0.4, 0.5) is 11.4 Å². The van der Waals surface area contributed by atoms with Crippen LogP contribution in [0.2, 0.25) is 0 Å². The predicted molar refractivity (Wildman–Crippen MR) is 129 cm³/mol. The predicted octanol–water partition coefficient (Wildman–Crippen LogP) is 6.78. The molecule has 31 heavy (non-hydrogen) atoms. The highest BCUT2D eigenvalue weighted by Crippen LogP contribution is 2.35. The van der Waals surface area contributed by atoms with Crippen molar-refractivity contribution in [3.8, 4) is 0 Å². The summed E-state index contributed by atoms with van der Waals surface area (Å²) in [5.74, 6) is 0.818. The highest BCUT2D eigenvalue weighted by molar-refractivity contribution is 8.01. The first-order valence-corrected chi connectivity index (χ1v) is 11.8. The molecule has 0 aliphatic carbocycles. The van der Waals surface area contributed by atoms with Crippen molar-refractivity contribution >= 4 is 62.7 Å². The van der Waals surface area contributed by atoms with E-state index in [1.807, 2.05) is 48.5 Å². The summed E-state index contributed by atoms with van der Waals surface area (Å²) in [5, 5.41) is 12.3. The molecule has 0 radical (unpaired) electrons. The van der Waals surface area contributed by atoms with Crippen molar-refractivity contribution < 1.29 is 4.92 Å². The van der Waals surface area contributed by atoms with Gasteiger partial charge in [0, 0.05) is 24.2 Å². The number of nitro groups is 1. The third-order valence-corrected chi connectivity index (χ3v) is 7.24. The number of benzene rings is 2. The standard InChI is InChI=1S/C22H16N4O2S3/c1-2-11-29-22-25-17-8-7-16(13-20(17)31-22)24-14-15-6-9-19(18(12-15)26(27)28)30-21-5-3-4-10-23-21/h2-10,12-14H,1,11H2. The summed E-state index contributed by atoms with van der Waals surface area (Å²) in [6.45, 7) is 3.73. The molecular weight excluding hydrogens is 448 g/mol. The van der Waals surface area contributed by atoms with E-state index < -0.39 is 0 Å². The van der Waals surface area contributed by atoms with Crippen LogP contribution in [0, 0.1) is 10.1 Å². The second-order valence-electron chi connectivity index (χ2n) is 6.24. The van der Waals surface area contributed by atoms with Crippen LogP contribution in [0.3, 0.4) is 0 Å². The molecule has 0 amide bonds. The van der Waals surface area contributed by atoms with Crippen LogP contribution in [0.25, 0.3) is 10.2 Å². The van der Waals surface area contributed by atoms with Crippen LogP contribution in [0.5, 0.6) is 0 Å². The van der Waals surface area contributed by atoms with Gasteiger partial charge in [0.2, 0.25) is 0 Å². The molecule has 4 rings (SSSR count). The number of aromatic nitrogens is 2. The Kier molecular flexibility index (Phi) is 6.76. The highest BCUT2D eigenvalue weighted by Gasteiger charge is 2.16. The Morgan fingerprint density at radius 1 is 1.19 bits per heavy atom. The van der Waals surface area contributed by atoms with Gasteiger partial charge in [-0.15, -0.1) is 17.9 Å². The topological polar surface area (TPSA) is 81.3 Å². The highest BCUT2D eigenvalue weighted by atomic mass is 32.2. The Bertz CT molecular complexity index is 1270. The van der Waals surface area contributed by atoms with E-state index in [0.717, 1.165) is 26.0 Å². The molecule has 4 aromatic rings. The maximum atomic E-state index is 11.6. The summed E-state index contributed by atoms with van der Waals surface area (Å²) in [7, 11) is 0. The Labute approximate surface area is 191 Å². The number of hydrogen-bond acceptors (Lipinski definition) is 8. The van der Waals surface area contributed by atoms with Gasteiger partial charge in [-0.05, 0) is 42.0 Å². The fraction of sp³-hybridized carbons (Fsp3) is 0.0455. The monoisotopic (exact) mass is 464 g/mol. The molecule has 0 atom stereocenters. The smallest absolute Gasteiger partial charge is 0.258 e. The molecule has 0 spiro atoms. The van der Waals surface area contributed by atoms with Gasteiger partial charge in [-0.3, -0.25) is 15.1 Å². The van der Waals surface area contributed by atoms with Crippen LogP contribution in [-0.2, 0) is 0 Å². The first-order valence-electron chi connectivity index (χ1n) is 9.18. The van der Waals surface area contributed by atoms with Gasteiger partial charge in [-0.2, -0.15) is 0 Å². The van der Waals surface area contributed by atoms with E-state index in [0.29, 0.717) is 15.5 Å². The number of nitro benzene ring substituents is 1. The van der Waals surface area contributed by atoms with Crippen molar-refractivity contribution in [2.24, 2.45) is 4.99 Å². The summed E-state index contributed by atoms with van der Waals surface area (Å²) in [4.78, 5) is 25.0. The molecule has 0 bridgehead atoms. The molecule has 0 saturated carbocycles. The molecule has 2 heterocycles. The maximum absolute atomic E-state index is 11.6. The first-order chi connectivity index (χ1) is 15.1. The van der Waals surface area contributed by atoms with E-state index in [9.17, 15) is 10.1 Å². The molecule has 154 valence electrons. The number of hydrogen-bond donors (Lipinski definition) is 0. The zero-order valence-electron chi connectivity index (χ0n) is 16.2. The van der Waals surface area contributed by atoms with Crippen LogP contribution >= 0.6 is 34.9 Å². The third-order valence-electron chi connectivity index (χ3n) is 4.07. The molecule has 0 N–H and O–H groups in total.